The Kier molecular flexibility index (Phi) is 4.46. The number of nitriles is 1. The van der Waals surface area contributed by atoms with E-state index in [1.807, 2.05) is 29.2 Å². The number of thiophene rings is 1. The van der Waals surface area contributed by atoms with Gasteiger partial charge in [-0.1, -0.05) is 18.2 Å². The van der Waals surface area contributed by atoms with Crippen LogP contribution in [0.15, 0.2) is 60.1 Å². The van der Waals surface area contributed by atoms with Crippen LogP contribution in [0, 0.1) is 11.3 Å². The number of nitrogens with zero attached hydrogens (tertiary/aromatic N) is 3. The van der Waals surface area contributed by atoms with E-state index < -0.39 is 0 Å². The third kappa shape index (κ3) is 3.10. The summed E-state index contributed by atoms with van der Waals surface area (Å²) in [6, 6.07) is 17.6. The van der Waals surface area contributed by atoms with Crippen molar-refractivity contribution < 1.29 is 4.79 Å². The van der Waals surface area contributed by atoms with Crippen LogP contribution in [-0.2, 0) is 17.6 Å². The minimum Gasteiger partial charge on any atom is -0.383 e. The number of amides is 1. The summed E-state index contributed by atoms with van der Waals surface area (Å²) in [5.41, 5.74) is 11.9. The SMILES string of the molecule is N#Cc1cccc(CC(=O)N2CCc3cc(-c4csc5ccnc(N)c45)ccc32)c1. The molecule has 1 aliphatic rings. The van der Waals surface area contributed by atoms with Gasteiger partial charge in [0.2, 0.25) is 5.91 Å². The van der Waals surface area contributed by atoms with Gasteiger partial charge in [-0.25, -0.2) is 4.98 Å². The molecule has 3 heterocycles. The fraction of sp³-hybridized carbons (Fsp3) is 0.125. The molecule has 2 N–H and O–H groups in total. The number of nitrogens with two attached hydrogens (primary N) is 1. The minimum absolute atomic E-state index is 0.0472. The highest BCUT2D eigenvalue weighted by Gasteiger charge is 2.25. The highest BCUT2D eigenvalue weighted by Crippen LogP contribution is 2.39. The number of hydrogen-bond donors (Lipinski definition) is 1. The van der Waals surface area contributed by atoms with Crippen LogP contribution in [0.2, 0.25) is 0 Å². The lowest BCUT2D eigenvalue weighted by Crippen LogP contribution is -2.30. The van der Waals surface area contributed by atoms with Gasteiger partial charge in [0, 0.05) is 34.1 Å². The van der Waals surface area contributed by atoms with Gasteiger partial charge in [-0.15, -0.1) is 11.3 Å². The highest BCUT2D eigenvalue weighted by molar-refractivity contribution is 7.17. The van der Waals surface area contributed by atoms with Crippen LogP contribution in [0.4, 0.5) is 11.5 Å². The quantitative estimate of drug-likeness (QED) is 0.537. The van der Waals surface area contributed by atoms with Crippen molar-refractivity contribution in [3.63, 3.8) is 0 Å². The summed E-state index contributed by atoms with van der Waals surface area (Å²) in [6.45, 7) is 0.670. The standard InChI is InChI=1S/C24H18N4OS/c25-13-16-3-1-2-15(10-16)11-22(29)28-9-7-18-12-17(4-5-20(18)28)19-14-30-21-6-8-27-24(26)23(19)21/h1-6,8,10,12,14H,7,9,11H2,(H2,26,27). The van der Waals surface area contributed by atoms with E-state index in [-0.39, 0.29) is 12.3 Å². The zero-order chi connectivity index (χ0) is 20.7. The smallest absolute Gasteiger partial charge is 0.231 e. The molecule has 1 amide bonds. The first-order valence-electron chi connectivity index (χ1n) is 9.68. The summed E-state index contributed by atoms with van der Waals surface area (Å²) in [6.07, 6.45) is 2.84. The predicted molar refractivity (Wildman–Crippen MR) is 120 cm³/mol. The molecule has 30 heavy (non-hydrogen) atoms. The van der Waals surface area contributed by atoms with E-state index in [1.165, 1.54) is 0 Å². The third-order valence-corrected chi connectivity index (χ3v) is 6.46. The van der Waals surface area contributed by atoms with Crippen LogP contribution >= 0.6 is 11.3 Å². The van der Waals surface area contributed by atoms with Crippen molar-refractivity contribution in [1.29, 1.82) is 5.26 Å². The van der Waals surface area contributed by atoms with Gasteiger partial charge in [0.1, 0.15) is 5.82 Å². The molecule has 0 spiro atoms. The number of carbonyl (C=O) groups is 1. The molecule has 0 unspecified atom stereocenters. The second-order valence-electron chi connectivity index (χ2n) is 7.35. The van der Waals surface area contributed by atoms with Crippen molar-refractivity contribution in [3.8, 4) is 17.2 Å². The Morgan fingerprint density at radius 2 is 2.13 bits per heavy atom. The topological polar surface area (TPSA) is 83.0 Å². The summed E-state index contributed by atoms with van der Waals surface area (Å²) >= 11 is 1.66. The Labute approximate surface area is 178 Å². The maximum absolute atomic E-state index is 12.9. The Balaban J connectivity index is 1.44. The molecule has 0 radical (unpaired) electrons. The fourth-order valence-corrected chi connectivity index (χ4v) is 5.04. The van der Waals surface area contributed by atoms with E-state index in [2.05, 4.69) is 28.6 Å². The van der Waals surface area contributed by atoms with E-state index in [4.69, 9.17) is 11.0 Å². The molecule has 5 rings (SSSR count). The average Bonchev–Trinajstić information content (AvgIpc) is 3.38. The lowest BCUT2D eigenvalue weighted by molar-refractivity contribution is -0.117. The second-order valence-corrected chi connectivity index (χ2v) is 8.26. The largest absolute Gasteiger partial charge is 0.383 e. The van der Waals surface area contributed by atoms with Crippen LogP contribution < -0.4 is 10.6 Å². The van der Waals surface area contributed by atoms with Crippen molar-refractivity contribution >= 4 is 38.8 Å². The number of fused-ring (bicyclic) bond motifs is 2. The molecule has 146 valence electrons. The molecular formula is C24H18N4OS. The summed E-state index contributed by atoms with van der Waals surface area (Å²) in [5, 5.41) is 12.2. The minimum atomic E-state index is 0.0472. The van der Waals surface area contributed by atoms with Gasteiger partial charge < -0.3 is 10.6 Å². The van der Waals surface area contributed by atoms with E-state index in [0.29, 0.717) is 17.9 Å². The van der Waals surface area contributed by atoms with E-state index in [9.17, 15) is 4.79 Å². The molecule has 0 atom stereocenters. The van der Waals surface area contributed by atoms with Crippen molar-refractivity contribution in [2.24, 2.45) is 0 Å². The number of nitrogen functional groups attached to an aromatic ring is 1. The number of pyridine rings is 1. The summed E-state index contributed by atoms with van der Waals surface area (Å²) in [4.78, 5) is 19.0. The second kappa shape index (κ2) is 7.29. The first-order chi connectivity index (χ1) is 14.6. The van der Waals surface area contributed by atoms with Gasteiger partial charge in [-0.05, 0) is 58.8 Å². The molecule has 6 heteroatoms. The van der Waals surface area contributed by atoms with Gasteiger partial charge in [0.25, 0.3) is 0 Å². The monoisotopic (exact) mass is 410 g/mol. The van der Waals surface area contributed by atoms with Crippen molar-refractivity contribution in [2.75, 3.05) is 17.2 Å². The van der Waals surface area contributed by atoms with Crippen LogP contribution in [0.1, 0.15) is 16.7 Å². The van der Waals surface area contributed by atoms with Gasteiger partial charge in [0.15, 0.2) is 0 Å². The van der Waals surface area contributed by atoms with Crippen molar-refractivity contribution in [1.82, 2.24) is 4.98 Å². The molecule has 0 fully saturated rings. The summed E-state index contributed by atoms with van der Waals surface area (Å²) in [5.74, 6) is 0.590. The highest BCUT2D eigenvalue weighted by atomic mass is 32.1. The summed E-state index contributed by atoms with van der Waals surface area (Å²) in [7, 11) is 0. The first kappa shape index (κ1) is 18.3. The van der Waals surface area contributed by atoms with Crippen molar-refractivity contribution in [2.45, 2.75) is 12.8 Å². The number of rotatable bonds is 3. The van der Waals surface area contributed by atoms with Gasteiger partial charge in [-0.3, -0.25) is 4.79 Å². The Morgan fingerprint density at radius 1 is 1.23 bits per heavy atom. The first-order valence-corrected chi connectivity index (χ1v) is 10.6. The van der Waals surface area contributed by atoms with Crippen LogP contribution in [0.25, 0.3) is 21.2 Å². The van der Waals surface area contributed by atoms with Crippen molar-refractivity contribution in [3.05, 3.63) is 76.8 Å². The zero-order valence-corrected chi connectivity index (χ0v) is 16.9. The van der Waals surface area contributed by atoms with Gasteiger partial charge >= 0.3 is 0 Å². The maximum Gasteiger partial charge on any atom is 0.231 e. The van der Waals surface area contributed by atoms with Crippen LogP contribution in [0.3, 0.4) is 0 Å². The molecule has 2 aromatic carbocycles. The number of hydrogen-bond acceptors (Lipinski definition) is 5. The normalized spacial score (nSPS) is 12.7. The predicted octanol–water partition coefficient (Wildman–Crippen LogP) is 4.55. The van der Waals surface area contributed by atoms with Crippen LogP contribution in [-0.4, -0.2) is 17.4 Å². The van der Waals surface area contributed by atoms with Gasteiger partial charge in [-0.2, -0.15) is 5.26 Å². The maximum atomic E-state index is 12.9. The van der Waals surface area contributed by atoms with E-state index in [1.54, 1.807) is 29.7 Å². The number of carbonyl (C=O) groups excluding carboxylic acids is 1. The Hall–Kier alpha value is -3.69. The molecule has 2 aromatic heterocycles. The number of benzene rings is 2. The molecule has 0 bridgehead atoms. The van der Waals surface area contributed by atoms with E-state index >= 15 is 0 Å². The molecule has 0 aliphatic carbocycles. The molecule has 0 saturated carbocycles. The lowest BCUT2D eigenvalue weighted by atomic mass is 10.0. The fourth-order valence-electron chi connectivity index (χ4n) is 4.07. The Bertz CT molecular complexity index is 1330. The molecular weight excluding hydrogens is 392 g/mol. The van der Waals surface area contributed by atoms with E-state index in [0.717, 1.165) is 44.4 Å². The third-order valence-electron chi connectivity index (χ3n) is 5.51. The summed E-state index contributed by atoms with van der Waals surface area (Å²) < 4.78 is 1.12. The van der Waals surface area contributed by atoms with Gasteiger partial charge in [0.05, 0.1) is 18.1 Å². The Morgan fingerprint density at radius 3 is 3.00 bits per heavy atom. The molecule has 1 aliphatic heterocycles. The number of anilines is 2. The molecule has 0 saturated heterocycles. The number of aromatic nitrogens is 1. The average molecular weight is 411 g/mol. The molecule has 4 aromatic rings. The lowest BCUT2D eigenvalue weighted by Gasteiger charge is -2.18. The van der Waals surface area contributed by atoms with Crippen LogP contribution in [0.5, 0.6) is 0 Å². The zero-order valence-electron chi connectivity index (χ0n) is 16.1. The molecule has 5 nitrogen and oxygen atoms in total.